The largest absolute Gasteiger partial charge is 0.355 e. The molecule has 1 N–H and O–H groups in total. The summed E-state index contributed by atoms with van der Waals surface area (Å²) in [4.78, 5) is 11.1. The minimum Gasteiger partial charge on any atom is -0.355 e. The first-order valence-electron chi connectivity index (χ1n) is 3.37. The van der Waals surface area contributed by atoms with Crippen molar-refractivity contribution in [1.82, 2.24) is 4.57 Å². The van der Waals surface area contributed by atoms with Crippen molar-refractivity contribution in [3.63, 3.8) is 0 Å². The number of nitrogens with zero attached hydrogens (tertiary/aromatic N) is 1. The highest BCUT2D eigenvalue weighted by Crippen LogP contribution is 2.09. The van der Waals surface area contributed by atoms with Gasteiger partial charge in [0.05, 0.1) is 10.2 Å². The number of aromatic nitrogens is 1. The van der Waals surface area contributed by atoms with Crippen molar-refractivity contribution in [1.29, 1.82) is 0 Å². The van der Waals surface area contributed by atoms with Gasteiger partial charge in [-0.1, -0.05) is 6.58 Å². The molecular formula is C8H9BrN2O. The van der Waals surface area contributed by atoms with Gasteiger partial charge in [-0.2, -0.15) is 0 Å². The molecule has 3 nitrogen and oxygen atoms in total. The van der Waals surface area contributed by atoms with E-state index >= 15 is 0 Å². The molecule has 0 radical (unpaired) electrons. The Hall–Kier alpha value is -1.03. The normalized spacial score (nSPS) is 9.50. The number of carbonyl (C=O) groups excluding carboxylic acids is 1. The number of rotatable bonds is 2. The van der Waals surface area contributed by atoms with Crippen molar-refractivity contribution in [2.45, 2.75) is 0 Å². The average molecular weight is 229 g/mol. The van der Waals surface area contributed by atoms with Gasteiger partial charge in [0, 0.05) is 19.4 Å². The molecule has 0 aromatic carbocycles. The monoisotopic (exact) mass is 228 g/mol. The number of anilines is 1. The van der Waals surface area contributed by atoms with Crippen LogP contribution in [0.25, 0.3) is 0 Å². The third-order valence-electron chi connectivity index (χ3n) is 1.34. The summed E-state index contributed by atoms with van der Waals surface area (Å²) in [5, 5.41) is 2.66. The molecular weight excluding hydrogens is 220 g/mol. The standard InChI is InChI=1S/C8H9BrN2O/c1-6(9)8(12)10-7-3-4-11(2)5-7/h3-5H,1H2,2H3,(H,10,12). The lowest BCUT2D eigenvalue weighted by Crippen LogP contribution is -2.09. The number of nitrogens with one attached hydrogen (secondary N) is 1. The lowest BCUT2D eigenvalue weighted by atomic mass is 10.5. The van der Waals surface area contributed by atoms with Crippen molar-refractivity contribution in [3.8, 4) is 0 Å². The van der Waals surface area contributed by atoms with Crippen LogP contribution in [0, 0.1) is 0 Å². The van der Waals surface area contributed by atoms with E-state index in [1.807, 2.05) is 30.1 Å². The van der Waals surface area contributed by atoms with Gasteiger partial charge >= 0.3 is 0 Å². The molecule has 0 saturated heterocycles. The van der Waals surface area contributed by atoms with Crippen LogP contribution in [0.5, 0.6) is 0 Å². The smallest absolute Gasteiger partial charge is 0.262 e. The van der Waals surface area contributed by atoms with E-state index < -0.39 is 0 Å². The Morgan fingerprint density at radius 2 is 2.42 bits per heavy atom. The van der Waals surface area contributed by atoms with Gasteiger partial charge in [0.15, 0.2) is 0 Å². The summed E-state index contributed by atoms with van der Waals surface area (Å²) in [5.41, 5.74) is 0.767. The summed E-state index contributed by atoms with van der Waals surface area (Å²) in [7, 11) is 1.89. The molecule has 0 saturated carbocycles. The Labute approximate surface area is 79.2 Å². The van der Waals surface area contributed by atoms with Gasteiger partial charge < -0.3 is 9.88 Å². The summed E-state index contributed by atoms with van der Waals surface area (Å²) < 4.78 is 2.18. The molecule has 0 aliphatic rings. The second kappa shape index (κ2) is 3.58. The van der Waals surface area contributed by atoms with E-state index in [-0.39, 0.29) is 5.91 Å². The van der Waals surface area contributed by atoms with Gasteiger partial charge in [-0.15, -0.1) is 0 Å². The lowest BCUT2D eigenvalue weighted by Gasteiger charge is -1.98. The molecule has 0 fully saturated rings. The van der Waals surface area contributed by atoms with Gasteiger partial charge in [0.2, 0.25) is 0 Å². The van der Waals surface area contributed by atoms with E-state index in [0.29, 0.717) is 4.48 Å². The van der Waals surface area contributed by atoms with Crippen molar-refractivity contribution in [2.24, 2.45) is 7.05 Å². The number of halogens is 1. The topological polar surface area (TPSA) is 34.0 Å². The second-order valence-electron chi connectivity index (χ2n) is 2.42. The van der Waals surface area contributed by atoms with Gasteiger partial charge in [-0.3, -0.25) is 4.79 Å². The van der Waals surface area contributed by atoms with Crippen molar-refractivity contribution in [3.05, 3.63) is 29.5 Å². The van der Waals surface area contributed by atoms with Crippen LogP contribution in [-0.2, 0) is 11.8 Å². The molecule has 1 rings (SSSR count). The van der Waals surface area contributed by atoms with Gasteiger partial charge in [-0.25, -0.2) is 0 Å². The highest BCUT2D eigenvalue weighted by atomic mass is 79.9. The fourth-order valence-corrected chi connectivity index (χ4v) is 0.875. The summed E-state index contributed by atoms with van der Waals surface area (Å²) in [5.74, 6) is -0.221. The Kier molecular flexibility index (Phi) is 2.70. The maximum Gasteiger partial charge on any atom is 0.262 e. The molecule has 0 unspecified atom stereocenters. The zero-order valence-electron chi connectivity index (χ0n) is 6.67. The molecule has 12 heavy (non-hydrogen) atoms. The van der Waals surface area contributed by atoms with Crippen LogP contribution in [0.4, 0.5) is 5.69 Å². The summed E-state index contributed by atoms with van der Waals surface area (Å²) >= 11 is 2.99. The third kappa shape index (κ3) is 2.23. The summed E-state index contributed by atoms with van der Waals surface area (Å²) in [6, 6.07) is 1.81. The maximum atomic E-state index is 11.1. The minimum absolute atomic E-state index is 0.221. The Balaban J connectivity index is 2.64. The molecule has 0 bridgehead atoms. The SMILES string of the molecule is C=C(Br)C(=O)Nc1ccn(C)c1. The van der Waals surface area contributed by atoms with Crippen LogP contribution in [0.3, 0.4) is 0 Å². The second-order valence-corrected chi connectivity index (χ2v) is 3.38. The van der Waals surface area contributed by atoms with E-state index in [4.69, 9.17) is 0 Å². The first-order chi connectivity index (χ1) is 5.59. The van der Waals surface area contributed by atoms with Crippen LogP contribution < -0.4 is 5.32 Å². The number of amides is 1. The Morgan fingerprint density at radius 1 is 1.75 bits per heavy atom. The fourth-order valence-electron chi connectivity index (χ4n) is 0.776. The molecule has 1 aromatic rings. The first kappa shape index (κ1) is 9.06. The van der Waals surface area contributed by atoms with Crippen LogP contribution in [0.15, 0.2) is 29.5 Å². The number of hydrogen-bond acceptors (Lipinski definition) is 1. The molecule has 1 amide bonds. The van der Waals surface area contributed by atoms with E-state index in [1.54, 1.807) is 0 Å². The molecule has 0 aliphatic heterocycles. The lowest BCUT2D eigenvalue weighted by molar-refractivity contribution is -0.112. The van der Waals surface area contributed by atoms with E-state index in [0.717, 1.165) is 5.69 Å². The van der Waals surface area contributed by atoms with Crippen LogP contribution in [0.1, 0.15) is 0 Å². The quantitative estimate of drug-likeness (QED) is 0.771. The van der Waals surface area contributed by atoms with Crippen molar-refractivity contribution >= 4 is 27.5 Å². The van der Waals surface area contributed by atoms with Crippen LogP contribution >= 0.6 is 15.9 Å². The molecule has 64 valence electrons. The van der Waals surface area contributed by atoms with E-state index in [2.05, 4.69) is 27.8 Å². The number of carbonyl (C=O) groups is 1. The minimum atomic E-state index is -0.221. The maximum absolute atomic E-state index is 11.1. The van der Waals surface area contributed by atoms with Crippen molar-refractivity contribution in [2.75, 3.05) is 5.32 Å². The first-order valence-corrected chi connectivity index (χ1v) is 4.16. The highest BCUT2D eigenvalue weighted by Gasteiger charge is 2.03. The fraction of sp³-hybridized carbons (Fsp3) is 0.125. The zero-order valence-corrected chi connectivity index (χ0v) is 8.26. The van der Waals surface area contributed by atoms with Crippen LogP contribution in [0.2, 0.25) is 0 Å². The number of hydrogen-bond donors (Lipinski definition) is 1. The molecule has 4 heteroatoms. The zero-order chi connectivity index (χ0) is 9.14. The Bertz CT molecular complexity index is 317. The highest BCUT2D eigenvalue weighted by molar-refractivity contribution is 9.12. The molecule has 0 aliphatic carbocycles. The van der Waals surface area contributed by atoms with Gasteiger partial charge in [0.1, 0.15) is 0 Å². The third-order valence-corrected chi connectivity index (χ3v) is 1.70. The molecule has 1 aromatic heterocycles. The molecule has 0 spiro atoms. The van der Waals surface area contributed by atoms with Gasteiger partial charge in [0.25, 0.3) is 5.91 Å². The van der Waals surface area contributed by atoms with E-state index in [1.165, 1.54) is 0 Å². The predicted octanol–water partition coefficient (Wildman–Crippen LogP) is 1.87. The Morgan fingerprint density at radius 3 is 2.83 bits per heavy atom. The van der Waals surface area contributed by atoms with Crippen LogP contribution in [-0.4, -0.2) is 10.5 Å². The van der Waals surface area contributed by atoms with Gasteiger partial charge in [-0.05, 0) is 22.0 Å². The van der Waals surface area contributed by atoms with Crippen molar-refractivity contribution < 1.29 is 4.79 Å². The number of aryl methyl sites for hydroxylation is 1. The van der Waals surface area contributed by atoms with E-state index in [9.17, 15) is 4.79 Å². The summed E-state index contributed by atoms with van der Waals surface area (Å²) in [6.45, 7) is 3.46. The molecule has 0 atom stereocenters. The average Bonchev–Trinajstić information content (AvgIpc) is 2.35. The predicted molar refractivity (Wildman–Crippen MR) is 52.1 cm³/mol. The summed E-state index contributed by atoms with van der Waals surface area (Å²) in [6.07, 6.45) is 3.67. The molecule has 1 heterocycles.